The van der Waals surface area contributed by atoms with E-state index >= 15 is 0 Å². The Labute approximate surface area is 168 Å². The van der Waals surface area contributed by atoms with Crippen molar-refractivity contribution in [3.63, 3.8) is 0 Å². The lowest BCUT2D eigenvalue weighted by atomic mass is 10.2. The number of hydrazine groups is 1. The van der Waals surface area contributed by atoms with Crippen molar-refractivity contribution in [2.24, 2.45) is 0 Å². The van der Waals surface area contributed by atoms with E-state index in [0.717, 1.165) is 31.7 Å². The van der Waals surface area contributed by atoms with E-state index in [1.165, 1.54) is 21.6 Å². The highest BCUT2D eigenvalue weighted by Crippen LogP contribution is 2.30. The number of quaternary nitrogens is 1. The number of allylic oxidation sites excluding steroid dienone is 2. The quantitative estimate of drug-likeness (QED) is 0.547. The molecule has 0 spiro atoms. The minimum atomic E-state index is -0.222. The van der Waals surface area contributed by atoms with Crippen LogP contribution in [0.1, 0.15) is 5.56 Å². The molecule has 6 nitrogen and oxygen atoms in total. The van der Waals surface area contributed by atoms with E-state index in [1.807, 2.05) is 47.5 Å². The summed E-state index contributed by atoms with van der Waals surface area (Å²) in [7, 11) is 2.14. The molecule has 2 saturated heterocycles. The smallest absolute Gasteiger partial charge is 0.266 e. The Bertz CT molecular complexity index is 771. The van der Waals surface area contributed by atoms with Crippen LogP contribution in [0.5, 0.6) is 0 Å². The second-order valence-corrected chi connectivity index (χ2v) is 8.21. The number of rotatable bonds is 5. The van der Waals surface area contributed by atoms with Gasteiger partial charge in [-0.3, -0.25) is 19.9 Å². The molecule has 0 atom stereocenters. The number of likely N-dealkylation sites (N-methyl/N-ethyl adjacent to an activating group) is 1. The summed E-state index contributed by atoms with van der Waals surface area (Å²) in [6.07, 6.45) is 5.50. The molecule has 0 saturated carbocycles. The molecule has 142 valence electrons. The maximum Gasteiger partial charge on any atom is 0.266 e. The van der Waals surface area contributed by atoms with Gasteiger partial charge in [0.1, 0.15) is 10.9 Å². The van der Waals surface area contributed by atoms with E-state index in [0.29, 0.717) is 9.23 Å². The first-order chi connectivity index (χ1) is 13.0. The highest BCUT2D eigenvalue weighted by atomic mass is 32.2. The summed E-state index contributed by atoms with van der Waals surface area (Å²) in [6, 6.07) is 9.84. The third-order valence-electron chi connectivity index (χ3n) is 4.41. The third-order valence-corrected chi connectivity index (χ3v) is 5.81. The van der Waals surface area contributed by atoms with E-state index in [1.54, 1.807) is 6.08 Å². The largest absolute Gasteiger partial charge is 0.335 e. The van der Waals surface area contributed by atoms with Crippen LogP contribution in [0.15, 0.2) is 47.4 Å². The molecule has 0 aliphatic carbocycles. The lowest BCUT2D eigenvalue weighted by Gasteiger charge is -2.30. The van der Waals surface area contributed by atoms with Crippen molar-refractivity contribution in [1.29, 1.82) is 0 Å². The number of amides is 2. The molecule has 0 unspecified atom stereocenters. The van der Waals surface area contributed by atoms with Crippen molar-refractivity contribution >= 4 is 46.2 Å². The van der Waals surface area contributed by atoms with Gasteiger partial charge < -0.3 is 4.90 Å². The zero-order chi connectivity index (χ0) is 19.2. The number of thioether (sulfide) groups is 1. The van der Waals surface area contributed by atoms with Crippen LogP contribution < -0.4 is 10.3 Å². The van der Waals surface area contributed by atoms with Crippen molar-refractivity contribution in [3.05, 3.63) is 53.0 Å². The molecule has 0 bridgehead atoms. The van der Waals surface area contributed by atoms with Gasteiger partial charge >= 0.3 is 0 Å². The maximum absolute atomic E-state index is 12.5. The van der Waals surface area contributed by atoms with Crippen LogP contribution in [-0.4, -0.2) is 65.8 Å². The zero-order valence-corrected chi connectivity index (χ0v) is 16.8. The molecule has 8 heteroatoms. The van der Waals surface area contributed by atoms with Crippen molar-refractivity contribution in [2.75, 3.05) is 39.8 Å². The fourth-order valence-corrected chi connectivity index (χ4v) is 4.02. The summed E-state index contributed by atoms with van der Waals surface area (Å²) in [4.78, 5) is 28.2. The minimum Gasteiger partial charge on any atom is -0.335 e. The topological polar surface area (TPSA) is 57.1 Å². The predicted molar refractivity (Wildman–Crippen MR) is 112 cm³/mol. The number of carbonyl (C=O) groups is 2. The number of nitrogens with one attached hydrogen (secondary N) is 2. The predicted octanol–water partition coefficient (Wildman–Crippen LogP) is 0.306. The van der Waals surface area contributed by atoms with Gasteiger partial charge in [0, 0.05) is 0 Å². The number of thiocarbonyl (C=S) groups is 1. The van der Waals surface area contributed by atoms with Gasteiger partial charge in [0.15, 0.2) is 0 Å². The molecule has 2 heterocycles. The molecule has 1 aromatic rings. The number of benzene rings is 1. The van der Waals surface area contributed by atoms with Crippen LogP contribution >= 0.6 is 24.0 Å². The first-order valence-electron chi connectivity index (χ1n) is 8.86. The van der Waals surface area contributed by atoms with Crippen LogP contribution in [0.4, 0.5) is 0 Å². The van der Waals surface area contributed by atoms with Crippen LogP contribution in [0, 0.1) is 0 Å². The van der Waals surface area contributed by atoms with Crippen molar-refractivity contribution < 1.29 is 14.5 Å². The second kappa shape index (κ2) is 9.27. The van der Waals surface area contributed by atoms with Crippen molar-refractivity contribution in [2.45, 2.75) is 0 Å². The Morgan fingerprint density at radius 2 is 2.00 bits per heavy atom. The van der Waals surface area contributed by atoms with E-state index < -0.39 is 0 Å². The molecule has 1 aromatic carbocycles. The molecule has 27 heavy (non-hydrogen) atoms. The van der Waals surface area contributed by atoms with Gasteiger partial charge in [-0.15, -0.1) is 0 Å². The number of hydrogen-bond acceptors (Lipinski definition) is 5. The summed E-state index contributed by atoms with van der Waals surface area (Å²) < 4.78 is 0.414. The number of hydrogen-bond donors (Lipinski definition) is 2. The monoisotopic (exact) mass is 403 g/mol. The van der Waals surface area contributed by atoms with E-state index in [2.05, 4.69) is 12.5 Å². The SMILES string of the molecule is C[NH+]1CCN(NC(=O)CN2C(=O)/C(=C/C=C/c3ccccc3)SC2=S)CC1. The Morgan fingerprint density at radius 3 is 2.70 bits per heavy atom. The summed E-state index contributed by atoms with van der Waals surface area (Å²) >= 11 is 6.51. The maximum atomic E-state index is 12.5. The number of carbonyl (C=O) groups excluding carboxylic acids is 2. The van der Waals surface area contributed by atoms with Gasteiger partial charge in [-0.05, 0) is 11.6 Å². The molecule has 0 aromatic heterocycles. The summed E-state index contributed by atoms with van der Waals surface area (Å²) in [6.45, 7) is 3.53. The molecule has 2 N–H and O–H groups in total. The van der Waals surface area contributed by atoms with Gasteiger partial charge in [-0.25, -0.2) is 5.01 Å². The van der Waals surface area contributed by atoms with Gasteiger partial charge in [-0.2, -0.15) is 0 Å². The first kappa shape index (κ1) is 19.8. The fraction of sp³-hybridized carbons (Fsp3) is 0.316. The average molecular weight is 404 g/mol. The molecular weight excluding hydrogens is 380 g/mol. The van der Waals surface area contributed by atoms with Gasteiger partial charge in [0.05, 0.1) is 38.1 Å². The third kappa shape index (κ3) is 5.49. The zero-order valence-electron chi connectivity index (χ0n) is 15.2. The highest BCUT2D eigenvalue weighted by Gasteiger charge is 2.33. The second-order valence-electron chi connectivity index (χ2n) is 6.54. The molecule has 3 rings (SSSR count). The Hall–Kier alpha value is -2.00. The number of piperazine rings is 1. The molecule has 2 aliphatic rings. The molecule has 0 radical (unpaired) electrons. The van der Waals surface area contributed by atoms with Crippen molar-refractivity contribution in [1.82, 2.24) is 15.3 Å². The Morgan fingerprint density at radius 1 is 1.30 bits per heavy atom. The first-order valence-corrected chi connectivity index (χ1v) is 10.1. The van der Waals surface area contributed by atoms with E-state index in [4.69, 9.17) is 12.2 Å². The van der Waals surface area contributed by atoms with Gasteiger partial charge in [-0.1, -0.05) is 66.5 Å². The van der Waals surface area contributed by atoms with Crippen LogP contribution in [0.3, 0.4) is 0 Å². The molecule has 2 aliphatic heterocycles. The van der Waals surface area contributed by atoms with Gasteiger partial charge in [0.25, 0.3) is 11.8 Å². The standard InChI is InChI=1S/C19H22N4O2S2/c1-21-10-12-22(13-11-21)20-17(24)14-23-18(25)16(27-19(23)26)9-5-8-15-6-3-2-4-7-15/h2-9H,10-14H2,1H3,(H,20,24)/p+1/b8-5+,16-9-. The lowest BCUT2D eigenvalue weighted by Crippen LogP contribution is -3.12. The van der Waals surface area contributed by atoms with Gasteiger partial charge in [0.2, 0.25) is 0 Å². The summed E-state index contributed by atoms with van der Waals surface area (Å²) in [5.41, 5.74) is 3.93. The number of nitrogens with zero attached hydrogens (tertiary/aromatic N) is 2. The summed E-state index contributed by atoms with van der Waals surface area (Å²) in [5, 5.41) is 1.91. The minimum absolute atomic E-state index is 0.0520. The summed E-state index contributed by atoms with van der Waals surface area (Å²) in [5.74, 6) is -0.437. The fourth-order valence-electron chi connectivity index (χ4n) is 2.82. The van der Waals surface area contributed by atoms with E-state index in [-0.39, 0.29) is 18.4 Å². The van der Waals surface area contributed by atoms with Crippen LogP contribution in [-0.2, 0) is 9.59 Å². The highest BCUT2D eigenvalue weighted by molar-refractivity contribution is 8.26. The van der Waals surface area contributed by atoms with Crippen LogP contribution in [0.25, 0.3) is 6.08 Å². The molecular formula is C19H23N4O2S2+. The Balaban J connectivity index is 1.55. The van der Waals surface area contributed by atoms with Crippen LogP contribution in [0.2, 0.25) is 0 Å². The Kier molecular flexibility index (Phi) is 6.78. The van der Waals surface area contributed by atoms with E-state index in [9.17, 15) is 9.59 Å². The van der Waals surface area contributed by atoms with Crippen molar-refractivity contribution in [3.8, 4) is 0 Å². The lowest BCUT2D eigenvalue weighted by molar-refractivity contribution is -0.884. The average Bonchev–Trinajstić information content (AvgIpc) is 2.92. The normalized spacial score (nSPS) is 20.8. The molecule has 2 fully saturated rings. The molecule has 2 amide bonds.